The summed E-state index contributed by atoms with van der Waals surface area (Å²) in [6, 6.07) is 10.9. The zero-order valence-electron chi connectivity index (χ0n) is 12.9. The Balaban J connectivity index is 1.70. The summed E-state index contributed by atoms with van der Waals surface area (Å²) in [6.45, 7) is 7.63. The average molecular weight is 322 g/mol. The minimum atomic E-state index is -0.0114. The van der Waals surface area contributed by atoms with E-state index in [2.05, 4.69) is 51.1 Å². The minimum absolute atomic E-state index is 0.0114. The smallest absolute Gasteiger partial charge is 0.210 e. The fraction of sp³-hybridized carbons (Fsp3) is 0.588. The first-order valence-corrected chi connectivity index (χ1v) is 9.42. The first-order valence-electron chi connectivity index (χ1n) is 7.66. The largest absolute Gasteiger partial charge is 0.477 e. The Bertz CT molecular complexity index is 507. The van der Waals surface area contributed by atoms with Crippen molar-refractivity contribution in [1.82, 2.24) is 0 Å². The lowest BCUT2D eigenvalue weighted by atomic mass is 10.1. The van der Waals surface area contributed by atoms with Crippen LogP contribution >= 0.6 is 23.5 Å². The lowest BCUT2D eigenvalue weighted by molar-refractivity contribution is 0.309. The molecule has 0 saturated carbocycles. The van der Waals surface area contributed by atoms with Gasteiger partial charge < -0.3 is 4.74 Å². The van der Waals surface area contributed by atoms with Gasteiger partial charge in [0.25, 0.3) is 0 Å². The van der Waals surface area contributed by atoms with Gasteiger partial charge in [-0.3, -0.25) is 0 Å². The molecule has 3 rings (SSSR count). The third-order valence-corrected chi connectivity index (χ3v) is 6.95. The van der Waals surface area contributed by atoms with Crippen LogP contribution in [0.4, 0.5) is 0 Å². The Morgan fingerprint density at radius 3 is 2.52 bits per heavy atom. The molecule has 0 unspecified atom stereocenters. The Labute approximate surface area is 136 Å². The van der Waals surface area contributed by atoms with Crippen LogP contribution in [-0.2, 0) is 11.2 Å². The molecule has 3 atom stereocenters. The van der Waals surface area contributed by atoms with Gasteiger partial charge in [0.1, 0.15) is 10.7 Å². The van der Waals surface area contributed by atoms with Crippen LogP contribution in [0.1, 0.15) is 32.8 Å². The van der Waals surface area contributed by atoms with Crippen molar-refractivity contribution in [1.29, 1.82) is 0 Å². The fourth-order valence-corrected chi connectivity index (χ4v) is 7.17. The molecule has 0 aromatic heterocycles. The van der Waals surface area contributed by atoms with Crippen molar-refractivity contribution in [2.75, 3.05) is 6.61 Å². The predicted octanol–water partition coefficient (Wildman–Crippen LogP) is 4.39. The van der Waals surface area contributed by atoms with E-state index in [0.717, 1.165) is 18.9 Å². The lowest BCUT2D eigenvalue weighted by Gasteiger charge is -2.38. The van der Waals surface area contributed by atoms with Crippen molar-refractivity contribution < 1.29 is 4.74 Å². The molecule has 2 aliphatic heterocycles. The maximum absolute atomic E-state index is 5.99. The number of aliphatic imine (C=N–C) groups is 1. The third kappa shape index (κ3) is 3.59. The van der Waals surface area contributed by atoms with E-state index in [1.54, 1.807) is 0 Å². The standard InChI is InChI=1S/C17H23NOS2/c1-12-9-13(2)21-17(3,20-12)16-18-15(11-19-16)10-14-7-5-4-6-8-14/h4-8,12-13,15H,9-11H2,1-3H3/t12-,13-,15-/m0/s1. The molecule has 2 heterocycles. The van der Waals surface area contributed by atoms with Crippen LogP contribution < -0.4 is 0 Å². The SMILES string of the molecule is C[C@H]1C[C@H](C)SC(C)(C2=N[C@@H](Cc3ccccc3)CO2)S1. The monoisotopic (exact) mass is 321 g/mol. The highest BCUT2D eigenvalue weighted by Crippen LogP contribution is 2.50. The summed E-state index contributed by atoms with van der Waals surface area (Å²) in [7, 11) is 0. The molecule has 0 spiro atoms. The normalized spacial score (nSPS) is 36.1. The predicted molar refractivity (Wildman–Crippen MR) is 94.4 cm³/mol. The molecule has 0 amide bonds. The maximum atomic E-state index is 5.99. The highest BCUT2D eigenvalue weighted by molar-refractivity contribution is 8.20. The molecule has 1 saturated heterocycles. The summed E-state index contributed by atoms with van der Waals surface area (Å²) in [5.41, 5.74) is 1.34. The summed E-state index contributed by atoms with van der Waals surface area (Å²) in [5, 5.41) is 1.34. The molecule has 0 aliphatic carbocycles. The van der Waals surface area contributed by atoms with Crippen molar-refractivity contribution in [2.45, 2.75) is 54.2 Å². The van der Waals surface area contributed by atoms with Crippen molar-refractivity contribution in [3.63, 3.8) is 0 Å². The van der Waals surface area contributed by atoms with E-state index < -0.39 is 0 Å². The van der Waals surface area contributed by atoms with Gasteiger partial charge in [-0.15, -0.1) is 23.5 Å². The number of benzene rings is 1. The lowest BCUT2D eigenvalue weighted by Crippen LogP contribution is -2.36. The van der Waals surface area contributed by atoms with Crippen LogP contribution in [-0.4, -0.2) is 33.1 Å². The van der Waals surface area contributed by atoms with Crippen molar-refractivity contribution in [3.05, 3.63) is 35.9 Å². The minimum Gasteiger partial charge on any atom is -0.477 e. The van der Waals surface area contributed by atoms with Crippen molar-refractivity contribution in [3.8, 4) is 0 Å². The van der Waals surface area contributed by atoms with E-state index in [1.165, 1.54) is 12.0 Å². The van der Waals surface area contributed by atoms with Gasteiger partial charge in [0.15, 0.2) is 0 Å². The topological polar surface area (TPSA) is 21.6 Å². The van der Waals surface area contributed by atoms with E-state index in [4.69, 9.17) is 9.73 Å². The van der Waals surface area contributed by atoms with Crippen molar-refractivity contribution >= 4 is 29.4 Å². The van der Waals surface area contributed by atoms with Gasteiger partial charge in [0.2, 0.25) is 5.90 Å². The Morgan fingerprint density at radius 2 is 1.86 bits per heavy atom. The van der Waals surface area contributed by atoms with Gasteiger partial charge in [-0.1, -0.05) is 44.2 Å². The second kappa shape index (κ2) is 6.25. The summed E-state index contributed by atoms with van der Waals surface area (Å²) in [5.74, 6) is 0.955. The number of thioether (sulfide) groups is 2. The third-order valence-electron chi connectivity index (χ3n) is 3.93. The van der Waals surface area contributed by atoms with E-state index in [-0.39, 0.29) is 10.1 Å². The first kappa shape index (κ1) is 15.3. The fourth-order valence-electron chi connectivity index (χ4n) is 3.11. The summed E-state index contributed by atoms with van der Waals surface area (Å²) in [4.78, 5) is 4.90. The molecular formula is C17H23NOS2. The number of nitrogens with zero attached hydrogens (tertiary/aromatic N) is 1. The number of hydrogen-bond donors (Lipinski definition) is 0. The Morgan fingerprint density at radius 1 is 1.19 bits per heavy atom. The van der Waals surface area contributed by atoms with E-state index in [9.17, 15) is 0 Å². The molecule has 0 bridgehead atoms. The first-order chi connectivity index (χ1) is 10.0. The van der Waals surface area contributed by atoms with Crippen LogP contribution in [0.3, 0.4) is 0 Å². The number of hydrogen-bond acceptors (Lipinski definition) is 4. The van der Waals surface area contributed by atoms with Crippen LogP contribution in [0.5, 0.6) is 0 Å². The Kier molecular flexibility index (Phi) is 4.55. The van der Waals surface area contributed by atoms with Crippen LogP contribution in [0.25, 0.3) is 0 Å². The summed E-state index contributed by atoms with van der Waals surface area (Å²) >= 11 is 4.01. The van der Waals surface area contributed by atoms with Gasteiger partial charge in [0.05, 0.1) is 6.04 Å². The number of ether oxygens (including phenoxy) is 1. The van der Waals surface area contributed by atoms with Crippen molar-refractivity contribution in [2.24, 2.45) is 4.99 Å². The zero-order valence-corrected chi connectivity index (χ0v) is 14.5. The van der Waals surface area contributed by atoms with Crippen LogP contribution in [0, 0.1) is 0 Å². The second-order valence-electron chi connectivity index (χ2n) is 6.13. The molecule has 114 valence electrons. The summed E-state index contributed by atoms with van der Waals surface area (Å²) < 4.78 is 5.97. The maximum Gasteiger partial charge on any atom is 0.210 e. The van der Waals surface area contributed by atoms with E-state index in [0.29, 0.717) is 10.5 Å². The summed E-state index contributed by atoms with van der Waals surface area (Å²) in [6.07, 6.45) is 2.24. The molecule has 0 N–H and O–H groups in total. The molecule has 2 nitrogen and oxygen atoms in total. The van der Waals surface area contributed by atoms with E-state index >= 15 is 0 Å². The zero-order chi connectivity index (χ0) is 14.9. The molecule has 21 heavy (non-hydrogen) atoms. The van der Waals surface area contributed by atoms with Gasteiger partial charge >= 0.3 is 0 Å². The van der Waals surface area contributed by atoms with Gasteiger partial charge in [0, 0.05) is 10.5 Å². The molecular weight excluding hydrogens is 298 g/mol. The van der Waals surface area contributed by atoms with Gasteiger partial charge in [-0.25, -0.2) is 4.99 Å². The molecule has 1 aromatic rings. The second-order valence-corrected chi connectivity index (χ2v) is 10.1. The highest BCUT2D eigenvalue weighted by Gasteiger charge is 2.43. The average Bonchev–Trinajstić information content (AvgIpc) is 2.87. The van der Waals surface area contributed by atoms with Crippen LogP contribution in [0.15, 0.2) is 35.3 Å². The number of rotatable bonds is 3. The molecule has 1 aromatic carbocycles. The quantitative estimate of drug-likeness (QED) is 0.824. The molecule has 4 heteroatoms. The van der Waals surface area contributed by atoms with E-state index in [1.807, 2.05) is 23.5 Å². The van der Waals surface area contributed by atoms with Gasteiger partial charge in [-0.05, 0) is 25.3 Å². The Hall–Kier alpha value is -0.610. The molecule has 2 aliphatic rings. The van der Waals surface area contributed by atoms with Crippen LogP contribution in [0.2, 0.25) is 0 Å². The molecule has 1 fully saturated rings. The molecule has 0 radical (unpaired) electrons. The highest BCUT2D eigenvalue weighted by atomic mass is 32.2. The van der Waals surface area contributed by atoms with Gasteiger partial charge in [-0.2, -0.15) is 0 Å².